The molecule has 37 heavy (non-hydrogen) atoms. The molecule has 2 aliphatic rings. The van der Waals surface area contributed by atoms with Gasteiger partial charge >= 0.3 is 0 Å². The summed E-state index contributed by atoms with van der Waals surface area (Å²) >= 11 is 0. The Labute approximate surface area is 220 Å². The van der Waals surface area contributed by atoms with E-state index < -0.39 is 23.8 Å². The second-order valence-corrected chi connectivity index (χ2v) is 10.9. The van der Waals surface area contributed by atoms with Gasteiger partial charge in [-0.25, -0.2) is 0 Å². The predicted octanol–water partition coefficient (Wildman–Crippen LogP) is 3.25. The van der Waals surface area contributed by atoms with Crippen molar-refractivity contribution < 1.29 is 19.8 Å². The third-order valence-corrected chi connectivity index (χ3v) is 8.02. The lowest BCUT2D eigenvalue weighted by molar-refractivity contribution is -0.165. The zero-order valence-corrected chi connectivity index (χ0v) is 22.3. The largest absolute Gasteiger partial charge is 0.390 e. The van der Waals surface area contributed by atoms with Gasteiger partial charge in [0.2, 0.25) is 11.8 Å². The summed E-state index contributed by atoms with van der Waals surface area (Å²) in [6.45, 7) is 8.49. The van der Waals surface area contributed by atoms with Crippen molar-refractivity contribution >= 4 is 11.8 Å². The number of piperazine rings is 1. The number of hydrogen-bond acceptors (Lipinski definition) is 5. The lowest BCUT2D eigenvalue weighted by Gasteiger charge is -2.52. The molecular weight excluding hydrogens is 466 g/mol. The van der Waals surface area contributed by atoms with Crippen molar-refractivity contribution in [1.29, 1.82) is 0 Å². The van der Waals surface area contributed by atoms with Gasteiger partial charge in [0, 0.05) is 26.2 Å². The minimum atomic E-state index is -0.901. The van der Waals surface area contributed by atoms with Gasteiger partial charge < -0.3 is 20.4 Å². The number of nitrogens with zero attached hydrogens (tertiary/aromatic N) is 2. The van der Waals surface area contributed by atoms with Crippen LogP contribution in [0.1, 0.15) is 69.2 Å². The fourth-order valence-corrected chi connectivity index (χ4v) is 5.56. The Kier molecular flexibility index (Phi) is 8.67. The van der Waals surface area contributed by atoms with Gasteiger partial charge in [-0.2, -0.15) is 0 Å². The molecule has 7 nitrogen and oxygen atoms in total. The van der Waals surface area contributed by atoms with Crippen molar-refractivity contribution in [1.82, 2.24) is 15.1 Å². The van der Waals surface area contributed by atoms with Gasteiger partial charge in [-0.1, -0.05) is 81.8 Å². The Balaban J connectivity index is 1.42. The van der Waals surface area contributed by atoms with E-state index in [4.69, 9.17) is 0 Å². The molecule has 3 unspecified atom stereocenters. The molecule has 0 saturated carbocycles. The van der Waals surface area contributed by atoms with Gasteiger partial charge in [0.15, 0.2) is 0 Å². The maximum atomic E-state index is 13.5. The number of carbonyl (C=O) groups is 2. The normalized spacial score (nSPS) is 21.8. The standard InChI is InChI=1S/C30H41N3O4/c1-4-5-17-33-28(36)25(26(34)21(2)3)31-29(37)30(33)15-18-32(19-16-30)20-22-11-13-24(14-12-22)27(35)23-9-7-6-8-10-23/h6-14,21,25-27,34-35H,4-5,15-20H2,1-3H3,(H,31,37). The smallest absolute Gasteiger partial charge is 0.248 e. The summed E-state index contributed by atoms with van der Waals surface area (Å²) in [4.78, 5) is 31.0. The van der Waals surface area contributed by atoms with Crippen molar-refractivity contribution in [3.63, 3.8) is 0 Å². The fraction of sp³-hybridized carbons (Fsp3) is 0.533. The first kappa shape index (κ1) is 27.3. The summed E-state index contributed by atoms with van der Waals surface area (Å²) < 4.78 is 0. The number of aliphatic hydroxyl groups excluding tert-OH is 2. The highest BCUT2D eigenvalue weighted by Crippen LogP contribution is 2.35. The first-order valence-electron chi connectivity index (χ1n) is 13.6. The third kappa shape index (κ3) is 5.74. The highest BCUT2D eigenvalue weighted by Gasteiger charge is 2.54. The molecule has 3 N–H and O–H groups in total. The van der Waals surface area contributed by atoms with E-state index >= 15 is 0 Å². The van der Waals surface area contributed by atoms with E-state index in [1.54, 1.807) is 4.90 Å². The molecule has 1 spiro atoms. The molecule has 4 rings (SSSR count). The summed E-state index contributed by atoms with van der Waals surface area (Å²) in [6, 6.07) is 16.8. The highest BCUT2D eigenvalue weighted by molar-refractivity contribution is 6.00. The molecule has 2 aromatic carbocycles. The van der Waals surface area contributed by atoms with Crippen LogP contribution < -0.4 is 5.32 Å². The molecule has 0 bridgehead atoms. The molecule has 0 aliphatic carbocycles. The number of unbranched alkanes of at least 4 members (excludes halogenated alkanes) is 1. The minimum Gasteiger partial charge on any atom is -0.390 e. The molecule has 200 valence electrons. The summed E-state index contributed by atoms with van der Waals surface area (Å²) in [5.74, 6) is -0.416. The first-order chi connectivity index (χ1) is 17.8. The van der Waals surface area contributed by atoms with Crippen LogP contribution in [0.3, 0.4) is 0 Å². The maximum Gasteiger partial charge on any atom is 0.248 e. The predicted molar refractivity (Wildman–Crippen MR) is 144 cm³/mol. The van der Waals surface area contributed by atoms with Gasteiger partial charge in [0.05, 0.1) is 6.10 Å². The Morgan fingerprint density at radius 2 is 1.59 bits per heavy atom. The lowest BCUT2D eigenvalue weighted by Crippen LogP contribution is -2.74. The SMILES string of the molecule is CCCCN1C(=O)C(C(O)C(C)C)NC(=O)C12CCN(Cc1ccc(C(O)c3ccccc3)cc1)CC2. The summed E-state index contributed by atoms with van der Waals surface area (Å²) in [5, 5.41) is 24.2. The molecule has 2 fully saturated rings. The van der Waals surface area contributed by atoms with Gasteiger partial charge in [-0.05, 0) is 41.9 Å². The van der Waals surface area contributed by atoms with E-state index in [2.05, 4.69) is 17.1 Å². The number of piperidine rings is 1. The van der Waals surface area contributed by atoms with Crippen molar-refractivity contribution in [2.75, 3.05) is 19.6 Å². The van der Waals surface area contributed by atoms with Crippen LogP contribution in [-0.4, -0.2) is 69.1 Å². The van der Waals surface area contributed by atoms with Crippen LogP contribution >= 0.6 is 0 Å². The molecule has 2 aliphatic heterocycles. The van der Waals surface area contributed by atoms with Crippen LogP contribution in [0.25, 0.3) is 0 Å². The molecule has 2 saturated heterocycles. The second kappa shape index (κ2) is 11.8. The van der Waals surface area contributed by atoms with Gasteiger partial charge in [0.1, 0.15) is 17.7 Å². The van der Waals surface area contributed by atoms with Gasteiger partial charge in [-0.3, -0.25) is 14.5 Å². The van der Waals surface area contributed by atoms with Crippen LogP contribution in [-0.2, 0) is 16.1 Å². The number of rotatable bonds is 9. The molecule has 2 amide bonds. The number of hydrogen-bond donors (Lipinski definition) is 3. The second-order valence-electron chi connectivity index (χ2n) is 10.9. The highest BCUT2D eigenvalue weighted by atomic mass is 16.3. The van der Waals surface area contributed by atoms with Crippen LogP contribution in [0.5, 0.6) is 0 Å². The molecule has 7 heteroatoms. The van der Waals surface area contributed by atoms with Crippen LogP contribution in [0.2, 0.25) is 0 Å². The van der Waals surface area contributed by atoms with Crippen molar-refractivity contribution in [2.24, 2.45) is 5.92 Å². The number of likely N-dealkylation sites (tertiary alicyclic amines) is 1. The molecule has 2 heterocycles. The summed E-state index contributed by atoms with van der Waals surface area (Å²) in [5.41, 5.74) is 2.02. The molecule has 0 aromatic heterocycles. The number of carbonyl (C=O) groups excluding carboxylic acids is 2. The average Bonchev–Trinajstić information content (AvgIpc) is 2.92. The Morgan fingerprint density at radius 1 is 0.973 bits per heavy atom. The van der Waals surface area contributed by atoms with E-state index in [0.717, 1.165) is 36.1 Å². The lowest BCUT2D eigenvalue weighted by atomic mass is 9.80. The molecule has 3 atom stereocenters. The Morgan fingerprint density at radius 3 is 2.19 bits per heavy atom. The summed E-state index contributed by atoms with van der Waals surface area (Å²) in [6.07, 6.45) is 1.35. The number of amides is 2. The van der Waals surface area contributed by atoms with Crippen LogP contribution in [0, 0.1) is 5.92 Å². The third-order valence-electron chi connectivity index (χ3n) is 8.02. The van der Waals surface area contributed by atoms with E-state index in [9.17, 15) is 19.8 Å². The molecule has 0 radical (unpaired) electrons. The number of benzene rings is 2. The van der Waals surface area contributed by atoms with Gasteiger partial charge in [-0.15, -0.1) is 0 Å². The first-order valence-corrected chi connectivity index (χ1v) is 13.6. The fourth-order valence-electron chi connectivity index (χ4n) is 5.56. The summed E-state index contributed by atoms with van der Waals surface area (Å²) in [7, 11) is 0. The van der Waals surface area contributed by atoms with E-state index in [0.29, 0.717) is 32.5 Å². The van der Waals surface area contributed by atoms with Crippen molar-refractivity contribution in [3.05, 3.63) is 71.3 Å². The minimum absolute atomic E-state index is 0.127. The Bertz CT molecular complexity index is 1050. The monoisotopic (exact) mass is 507 g/mol. The number of aliphatic hydroxyl groups is 2. The van der Waals surface area contributed by atoms with Crippen molar-refractivity contribution in [2.45, 2.75) is 76.8 Å². The van der Waals surface area contributed by atoms with Gasteiger partial charge in [0.25, 0.3) is 0 Å². The average molecular weight is 508 g/mol. The quantitative estimate of drug-likeness (QED) is 0.485. The maximum absolute atomic E-state index is 13.5. The van der Waals surface area contributed by atoms with E-state index in [-0.39, 0.29) is 17.7 Å². The van der Waals surface area contributed by atoms with Crippen molar-refractivity contribution in [3.8, 4) is 0 Å². The van der Waals surface area contributed by atoms with E-state index in [1.165, 1.54) is 0 Å². The topological polar surface area (TPSA) is 93.1 Å². The van der Waals surface area contributed by atoms with Crippen LogP contribution in [0.4, 0.5) is 0 Å². The Hall–Kier alpha value is -2.74. The zero-order chi connectivity index (χ0) is 26.6. The molecule has 2 aromatic rings. The zero-order valence-electron chi connectivity index (χ0n) is 22.3. The van der Waals surface area contributed by atoms with E-state index in [1.807, 2.05) is 68.4 Å². The van der Waals surface area contributed by atoms with Crippen LogP contribution in [0.15, 0.2) is 54.6 Å². The molecular formula is C30H41N3O4. The number of nitrogens with one attached hydrogen (secondary N) is 1.